The Balaban J connectivity index is 1.93. The van der Waals surface area contributed by atoms with Crippen LogP contribution in [-0.2, 0) is 4.74 Å². The number of hydrogen-bond donors (Lipinski definition) is 2. The van der Waals surface area contributed by atoms with Gasteiger partial charge in [-0.1, -0.05) is 0 Å². The fraction of sp³-hybridized carbons (Fsp3) is 0.667. The van der Waals surface area contributed by atoms with Gasteiger partial charge in [-0.25, -0.2) is 4.79 Å². The maximum atomic E-state index is 11.6. The van der Waals surface area contributed by atoms with Gasteiger partial charge >= 0.3 is 6.09 Å². The number of nitrogens with one attached hydrogen (secondary N) is 1. The van der Waals surface area contributed by atoms with Crippen LogP contribution in [0, 0.1) is 0 Å². The molecule has 100 valence electrons. The van der Waals surface area contributed by atoms with Crippen LogP contribution in [0.1, 0.15) is 33.2 Å². The van der Waals surface area contributed by atoms with Crippen molar-refractivity contribution in [1.82, 2.24) is 15.1 Å². The zero-order valence-electron chi connectivity index (χ0n) is 10.8. The molecule has 0 spiro atoms. The lowest BCUT2D eigenvalue weighted by atomic mass is 9.83. The number of aromatic nitrogens is 2. The van der Waals surface area contributed by atoms with Crippen LogP contribution in [-0.4, -0.2) is 38.7 Å². The van der Waals surface area contributed by atoms with Gasteiger partial charge in [-0.15, -0.1) is 0 Å². The number of alkyl carbamates (subject to hydrolysis) is 1. The number of ether oxygens (including phenoxy) is 1. The van der Waals surface area contributed by atoms with Gasteiger partial charge in [0.05, 0.1) is 18.2 Å². The summed E-state index contributed by atoms with van der Waals surface area (Å²) in [6.07, 6.45) is 3.00. The van der Waals surface area contributed by atoms with E-state index in [1.165, 1.54) is 0 Å². The number of aliphatic hydroxyl groups excluding tert-OH is 1. The van der Waals surface area contributed by atoms with Crippen molar-refractivity contribution in [2.24, 2.45) is 0 Å². The van der Waals surface area contributed by atoms with Gasteiger partial charge in [0.25, 0.3) is 0 Å². The van der Waals surface area contributed by atoms with Crippen molar-refractivity contribution in [3.05, 3.63) is 18.5 Å². The van der Waals surface area contributed by atoms with E-state index in [0.717, 1.165) is 0 Å². The molecule has 0 aliphatic heterocycles. The van der Waals surface area contributed by atoms with E-state index in [-0.39, 0.29) is 12.1 Å². The molecule has 18 heavy (non-hydrogen) atoms. The summed E-state index contributed by atoms with van der Waals surface area (Å²) in [5.74, 6) is 0. The second kappa shape index (κ2) is 4.61. The van der Waals surface area contributed by atoms with Gasteiger partial charge in [0.2, 0.25) is 0 Å². The van der Waals surface area contributed by atoms with Crippen LogP contribution in [0.5, 0.6) is 0 Å². The largest absolute Gasteiger partial charge is 0.444 e. The predicted octanol–water partition coefficient (Wildman–Crippen LogP) is 1.08. The van der Waals surface area contributed by atoms with Crippen molar-refractivity contribution in [2.75, 3.05) is 0 Å². The Bertz CT molecular complexity index is 411. The van der Waals surface area contributed by atoms with E-state index >= 15 is 0 Å². The first-order chi connectivity index (χ1) is 8.37. The number of aliphatic hydroxyl groups is 1. The number of hydrogen-bond acceptors (Lipinski definition) is 4. The van der Waals surface area contributed by atoms with Gasteiger partial charge in [0, 0.05) is 12.4 Å². The highest BCUT2D eigenvalue weighted by Gasteiger charge is 2.43. The SMILES string of the molecule is CC(C)(C)OC(=O)N[C@@H]1C[C@H](O)[C@H]1n1cccn1. The van der Waals surface area contributed by atoms with Crippen LogP contribution in [0.4, 0.5) is 4.79 Å². The molecule has 1 amide bonds. The van der Waals surface area contributed by atoms with Gasteiger partial charge in [-0.05, 0) is 33.3 Å². The number of carbonyl (C=O) groups excluding carboxylic acids is 1. The fourth-order valence-electron chi connectivity index (χ4n) is 2.03. The molecule has 2 N–H and O–H groups in total. The van der Waals surface area contributed by atoms with Crippen molar-refractivity contribution >= 4 is 6.09 Å². The minimum absolute atomic E-state index is 0.144. The van der Waals surface area contributed by atoms with Gasteiger partial charge in [0.1, 0.15) is 5.60 Å². The molecule has 0 bridgehead atoms. The van der Waals surface area contributed by atoms with Gasteiger partial charge in [-0.2, -0.15) is 5.10 Å². The summed E-state index contributed by atoms with van der Waals surface area (Å²) in [5, 5.41) is 16.6. The second-order valence-corrected chi connectivity index (χ2v) is 5.53. The molecule has 1 aromatic heterocycles. The van der Waals surface area contributed by atoms with E-state index in [4.69, 9.17) is 4.74 Å². The Morgan fingerprint density at radius 3 is 2.78 bits per heavy atom. The molecule has 1 aliphatic rings. The third-order valence-electron chi connectivity index (χ3n) is 2.83. The molecule has 1 aromatic rings. The number of rotatable bonds is 2. The summed E-state index contributed by atoms with van der Waals surface area (Å²) in [4.78, 5) is 11.6. The van der Waals surface area contributed by atoms with Crippen LogP contribution >= 0.6 is 0 Å². The second-order valence-electron chi connectivity index (χ2n) is 5.53. The third-order valence-corrected chi connectivity index (χ3v) is 2.83. The van der Waals surface area contributed by atoms with E-state index in [0.29, 0.717) is 6.42 Å². The van der Waals surface area contributed by atoms with Crippen molar-refractivity contribution < 1.29 is 14.6 Å². The van der Waals surface area contributed by atoms with Crippen LogP contribution in [0.15, 0.2) is 18.5 Å². The highest BCUT2D eigenvalue weighted by molar-refractivity contribution is 5.68. The molecular weight excluding hydrogens is 234 g/mol. The first-order valence-corrected chi connectivity index (χ1v) is 6.03. The Morgan fingerprint density at radius 2 is 2.28 bits per heavy atom. The van der Waals surface area contributed by atoms with Gasteiger partial charge in [-0.3, -0.25) is 4.68 Å². The van der Waals surface area contributed by atoms with E-state index in [1.54, 1.807) is 23.1 Å². The van der Waals surface area contributed by atoms with Crippen molar-refractivity contribution in [1.29, 1.82) is 0 Å². The molecule has 3 atom stereocenters. The molecule has 1 aliphatic carbocycles. The molecular formula is C12H19N3O3. The molecule has 1 fully saturated rings. The summed E-state index contributed by atoms with van der Waals surface area (Å²) >= 11 is 0. The van der Waals surface area contributed by atoms with Gasteiger partial charge in [0.15, 0.2) is 0 Å². The summed E-state index contributed by atoms with van der Waals surface area (Å²) in [7, 11) is 0. The van der Waals surface area contributed by atoms with E-state index < -0.39 is 17.8 Å². The summed E-state index contributed by atoms with van der Waals surface area (Å²) in [6, 6.07) is 1.43. The molecule has 2 rings (SSSR count). The van der Waals surface area contributed by atoms with Crippen LogP contribution < -0.4 is 5.32 Å². The highest BCUT2D eigenvalue weighted by Crippen LogP contribution is 2.32. The Labute approximate surface area is 106 Å². The average Bonchev–Trinajstić information content (AvgIpc) is 2.66. The smallest absolute Gasteiger partial charge is 0.407 e. The summed E-state index contributed by atoms with van der Waals surface area (Å²) < 4.78 is 6.85. The first-order valence-electron chi connectivity index (χ1n) is 6.03. The zero-order chi connectivity index (χ0) is 13.3. The Morgan fingerprint density at radius 1 is 1.56 bits per heavy atom. The van der Waals surface area contributed by atoms with Crippen LogP contribution in [0.25, 0.3) is 0 Å². The monoisotopic (exact) mass is 253 g/mol. The van der Waals surface area contributed by atoms with Crippen molar-refractivity contribution in [3.8, 4) is 0 Å². The highest BCUT2D eigenvalue weighted by atomic mass is 16.6. The number of carbonyl (C=O) groups is 1. The molecule has 0 saturated heterocycles. The van der Waals surface area contributed by atoms with Crippen LogP contribution in [0.2, 0.25) is 0 Å². The summed E-state index contributed by atoms with van der Waals surface area (Å²) in [6.45, 7) is 5.44. The van der Waals surface area contributed by atoms with Gasteiger partial charge < -0.3 is 15.2 Å². The quantitative estimate of drug-likeness (QED) is 0.827. The molecule has 1 saturated carbocycles. The lowest BCUT2D eigenvalue weighted by Gasteiger charge is -2.41. The Kier molecular flexibility index (Phi) is 3.30. The van der Waals surface area contributed by atoms with Crippen molar-refractivity contribution in [2.45, 2.75) is 51.0 Å². The molecule has 0 radical (unpaired) electrons. The number of amides is 1. The standard InChI is InChI=1S/C12H19N3O3/c1-12(2,3)18-11(17)14-8-7-9(16)10(8)15-6-4-5-13-15/h4-6,8-10,16H,7H2,1-3H3,(H,14,17)/t8-,9+,10+/m1/s1. The lowest BCUT2D eigenvalue weighted by molar-refractivity contribution is -0.0144. The molecule has 1 heterocycles. The fourth-order valence-corrected chi connectivity index (χ4v) is 2.03. The van der Waals surface area contributed by atoms with Crippen LogP contribution in [0.3, 0.4) is 0 Å². The number of nitrogens with zero attached hydrogens (tertiary/aromatic N) is 2. The molecule has 6 nitrogen and oxygen atoms in total. The minimum atomic E-state index is -0.520. The normalized spacial score (nSPS) is 27.4. The maximum absolute atomic E-state index is 11.6. The van der Waals surface area contributed by atoms with E-state index in [2.05, 4.69) is 10.4 Å². The van der Waals surface area contributed by atoms with E-state index in [1.807, 2.05) is 20.8 Å². The molecule has 6 heteroatoms. The third kappa shape index (κ3) is 2.81. The Hall–Kier alpha value is -1.56. The van der Waals surface area contributed by atoms with Crippen molar-refractivity contribution in [3.63, 3.8) is 0 Å². The van der Waals surface area contributed by atoms with E-state index in [9.17, 15) is 9.90 Å². The first kappa shape index (κ1) is 12.9. The maximum Gasteiger partial charge on any atom is 0.407 e. The minimum Gasteiger partial charge on any atom is -0.444 e. The molecule has 0 aromatic carbocycles. The zero-order valence-corrected chi connectivity index (χ0v) is 10.8. The average molecular weight is 253 g/mol. The predicted molar refractivity (Wildman–Crippen MR) is 65.0 cm³/mol. The lowest BCUT2D eigenvalue weighted by Crippen LogP contribution is -2.56. The topological polar surface area (TPSA) is 76.4 Å². The molecule has 0 unspecified atom stereocenters. The summed E-state index contributed by atoms with van der Waals surface area (Å²) in [5.41, 5.74) is -0.520.